The van der Waals surface area contributed by atoms with Gasteiger partial charge in [0.15, 0.2) is 0 Å². The van der Waals surface area contributed by atoms with Gasteiger partial charge in [0.1, 0.15) is 5.75 Å². The van der Waals surface area contributed by atoms with E-state index in [0.29, 0.717) is 18.4 Å². The second kappa shape index (κ2) is 5.44. The molecule has 1 aromatic rings. The van der Waals surface area contributed by atoms with Crippen LogP contribution in [0.2, 0.25) is 0 Å². The maximum absolute atomic E-state index is 10.7. The molecule has 1 N–H and O–H groups in total. The van der Waals surface area contributed by atoms with Gasteiger partial charge in [0.2, 0.25) is 0 Å². The molecular formula is C16H21NO3. The summed E-state index contributed by atoms with van der Waals surface area (Å²) >= 11 is 0. The van der Waals surface area contributed by atoms with E-state index in [-0.39, 0.29) is 0 Å². The molecule has 1 saturated heterocycles. The number of rotatable bonds is 4. The molecule has 0 spiro atoms. The Kier molecular flexibility index (Phi) is 3.66. The molecule has 1 atom stereocenters. The molecule has 0 saturated carbocycles. The van der Waals surface area contributed by atoms with Gasteiger partial charge in [-0.25, -0.2) is 0 Å². The van der Waals surface area contributed by atoms with E-state index < -0.39 is 5.97 Å². The van der Waals surface area contributed by atoms with Crippen LogP contribution < -0.4 is 4.74 Å². The van der Waals surface area contributed by atoms with Crippen LogP contribution in [0.5, 0.6) is 5.75 Å². The van der Waals surface area contributed by atoms with E-state index in [2.05, 4.69) is 17.0 Å². The Hall–Kier alpha value is -1.55. The first kappa shape index (κ1) is 13.4. The Labute approximate surface area is 119 Å². The first-order valence-electron chi connectivity index (χ1n) is 7.30. The molecule has 0 amide bonds. The van der Waals surface area contributed by atoms with Gasteiger partial charge in [-0.1, -0.05) is 6.07 Å². The highest BCUT2D eigenvalue weighted by atomic mass is 16.5. The van der Waals surface area contributed by atoms with Crippen LogP contribution in [0.15, 0.2) is 18.2 Å². The molecule has 4 heteroatoms. The fourth-order valence-electron chi connectivity index (χ4n) is 3.50. The highest BCUT2D eigenvalue weighted by molar-refractivity contribution is 5.67. The lowest BCUT2D eigenvalue weighted by Gasteiger charge is -2.46. The van der Waals surface area contributed by atoms with Gasteiger partial charge < -0.3 is 9.84 Å². The van der Waals surface area contributed by atoms with Crippen molar-refractivity contribution in [2.24, 2.45) is 5.92 Å². The molecule has 1 aliphatic carbocycles. The number of carboxylic acid groups (broad SMARTS) is 1. The number of nitrogens with zero attached hydrogens (tertiary/aromatic N) is 1. The highest BCUT2D eigenvalue weighted by Gasteiger charge is 2.36. The summed E-state index contributed by atoms with van der Waals surface area (Å²) < 4.78 is 5.34. The first-order chi connectivity index (χ1) is 9.67. The fourth-order valence-corrected chi connectivity index (χ4v) is 3.50. The monoisotopic (exact) mass is 275 g/mol. The smallest absolute Gasteiger partial charge is 0.303 e. The Morgan fingerprint density at radius 1 is 1.45 bits per heavy atom. The lowest BCUT2D eigenvalue weighted by atomic mass is 9.83. The molecule has 1 unspecified atom stereocenters. The van der Waals surface area contributed by atoms with Crippen molar-refractivity contribution in [3.05, 3.63) is 29.3 Å². The molecule has 1 aliphatic heterocycles. The fraction of sp³-hybridized carbons (Fsp3) is 0.562. The van der Waals surface area contributed by atoms with Gasteiger partial charge in [-0.2, -0.15) is 0 Å². The van der Waals surface area contributed by atoms with Gasteiger partial charge in [0, 0.05) is 19.1 Å². The van der Waals surface area contributed by atoms with E-state index in [9.17, 15) is 4.79 Å². The van der Waals surface area contributed by atoms with Crippen molar-refractivity contribution in [2.75, 3.05) is 20.2 Å². The molecule has 0 aromatic heterocycles. The minimum absolute atomic E-state index is 0.300. The molecule has 108 valence electrons. The summed E-state index contributed by atoms with van der Waals surface area (Å²) in [5.41, 5.74) is 2.80. The average Bonchev–Trinajstić information content (AvgIpc) is 2.41. The van der Waals surface area contributed by atoms with Crippen molar-refractivity contribution in [3.63, 3.8) is 0 Å². The standard InChI is InChI=1S/C16H21NO3/c1-20-13-6-5-12-3-2-4-15(14(12)8-13)17-9-11(10-17)7-16(18)19/h5-6,8,11,15H,2-4,7,9-10H2,1H3,(H,18,19). The zero-order chi connectivity index (χ0) is 14.1. The van der Waals surface area contributed by atoms with E-state index >= 15 is 0 Å². The van der Waals surface area contributed by atoms with Crippen LogP contribution >= 0.6 is 0 Å². The summed E-state index contributed by atoms with van der Waals surface area (Å²) in [5.74, 6) is 0.558. The minimum atomic E-state index is -0.680. The van der Waals surface area contributed by atoms with Crippen molar-refractivity contribution in [2.45, 2.75) is 31.7 Å². The van der Waals surface area contributed by atoms with Crippen molar-refractivity contribution in [1.82, 2.24) is 4.90 Å². The molecule has 1 fully saturated rings. The molecule has 1 aromatic carbocycles. The number of fused-ring (bicyclic) bond motifs is 1. The Morgan fingerprint density at radius 2 is 2.25 bits per heavy atom. The number of methoxy groups -OCH3 is 1. The SMILES string of the molecule is COc1ccc2c(c1)C(N1CC(CC(=O)O)C1)CCC2. The van der Waals surface area contributed by atoms with E-state index in [4.69, 9.17) is 9.84 Å². The average molecular weight is 275 g/mol. The highest BCUT2D eigenvalue weighted by Crippen LogP contribution is 2.39. The lowest BCUT2D eigenvalue weighted by molar-refractivity contribution is -0.140. The summed E-state index contributed by atoms with van der Waals surface area (Å²) in [7, 11) is 1.70. The number of carbonyl (C=O) groups is 1. The number of likely N-dealkylation sites (tertiary alicyclic amines) is 1. The predicted molar refractivity (Wildman–Crippen MR) is 76.0 cm³/mol. The van der Waals surface area contributed by atoms with Gasteiger partial charge in [-0.05, 0) is 48.4 Å². The van der Waals surface area contributed by atoms with E-state index in [1.54, 1.807) is 7.11 Å². The molecule has 0 radical (unpaired) electrons. The molecule has 20 heavy (non-hydrogen) atoms. The number of benzene rings is 1. The van der Waals surface area contributed by atoms with E-state index in [1.165, 1.54) is 24.0 Å². The minimum Gasteiger partial charge on any atom is -0.497 e. The topological polar surface area (TPSA) is 49.8 Å². The zero-order valence-electron chi connectivity index (χ0n) is 11.8. The van der Waals surface area contributed by atoms with Crippen molar-refractivity contribution < 1.29 is 14.6 Å². The zero-order valence-corrected chi connectivity index (χ0v) is 11.8. The Bertz CT molecular complexity index is 508. The van der Waals surface area contributed by atoms with Gasteiger partial charge in [0.05, 0.1) is 13.5 Å². The summed E-state index contributed by atoms with van der Waals surface area (Å²) in [6, 6.07) is 6.81. The van der Waals surface area contributed by atoms with Crippen LogP contribution in [0, 0.1) is 5.92 Å². The summed E-state index contributed by atoms with van der Waals surface area (Å²) in [4.78, 5) is 13.2. The molecular weight excluding hydrogens is 254 g/mol. The van der Waals surface area contributed by atoms with Crippen LogP contribution in [0.1, 0.15) is 36.4 Å². The van der Waals surface area contributed by atoms with Gasteiger partial charge in [-0.3, -0.25) is 9.69 Å². The van der Waals surface area contributed by atoms with Gasteiger partial charge in [-0.15, -0.1) is 0 Å². The molecule has 0 bridgehead atoms. The third-order valence-corrected chi connectivity index (χ3v) is 4.53. The number of aliphatic carboxylic acids is 1. The summed E-state index contributed by atoms with van der Waals surface area (Å²) in [6.45, 7) is 1.82. The predicted octanol–water partition coefficient (Wildman–Crippen LogP) is 2.48. The molecule has 3 rings (SSSR count). The van der Waals surface area contributed by atoms with Crippen LogP contribution in [-0.2, 0) is 11.2 Å². The van der Waals surface area contributed by atoms with Crippen LogP contribution in [-0.4, -0.2) is 36.2 Å². The Balaban J connectivity index is 1.72. The quantitative estimate of drug-likeness (QED) is 0.917. The Morgan fingerprint density at radius 3 is 2.95 bits per heavy atom. The van der Waals surface area contributed by atoms with E-state index in [0.717, 1.165) is 25.3 Å². The number of ether oxygens (including phenoxy) is 1. The third-order valence-electron chi connectivity index (χ3n) is 4.53. The first-order valence-corrected chi connectivity index (χ1v) is 7.30. The van der Waals surface area contributed by atoms with Crippen molar-refractivity contribution in [1.29, 1.82) is 0 Å². The third kappa shape index (κ3) is 2.52. The second-order valence-corrected chi connectivity index (χ2v) is 5.89. The largest absolute Gasteiger partial charge is 0.497 e. The van der Waals surface area contributed by atoms with Crippen molar-refractivity contribution >= 4 is 5.97 Å². The van der Waals surface area contributed by atoms with Crippen LogP contribution in [0.4, 0.5) is 0 Å². The second-order valence-electron chi connectivity index (χ2n) is 5.89. The maximum atomic E-state index is 10.7. The van der Waals surface area contributed by atoms with Crippen LogP contribution in [0.3, 0.4) is 0 Å². The number of hydrogen-bond donors (Lipinski definition) is 1. The molecule has 1 heterocycles. The number of aryl methyl sites for hydroxylation is 1. The molecule has 4 nitrogen and oxygen atoms in total. The normalized spacial score (nSPS) is 22.9. The molecule has 2 aliphatic rings. The van der Waals surface area contributed by atoms with Gasteiger partial charge >= 0.3 is 5.97 Å². The summed E-state index contributed by atoms with van der Waals surface area (Å²) in [6.07, 6.45) is 3.82. The van der Waals surface area contributed by atoms with Gasteiger partial charge in [0.25, 0.3) is 0 Å². The maximum Gasteiger partial charge on any atom is 0.303 e. The lowest BCUT2D eigenvalue weighted by Crippen LogP contribution is -2.49. The number of carboxylic acids is 1. The van der Waals surface area contributed by atoms with Crippen LogP contribution in [0.25, 0.3) is 0 Å². The summed E-state index contributed by atoms with van der Waals surface area (Å²) in [5, 5.41) is 8.84. The van der Waals surface area contributed by atoms with E-state index in [1.807, 2.05) is 6.07 Å². The van der Waals surface area contributed by atoms with Crippen molar-refractivity contribution in [3.8, 4) is 5.75 Å². The number of hydrogen-bond acceptors (Lipinski definition) is 3.